The number of aliphatic carboxylic acids is 1. The average molecular weight is 286 g/mol. The first kappa shape index (κ1) is 15.1. The van der Waals surface area contributed by atoms with Crippen molar-refractivity contribution < 1.29 is 24.2 Å². The van der Waals surface area contributed by atoms with E-state index in [1.807, 2.05) is 4.90 Å². The van der Waals surface area contributed by atoms with Crippen molar-refractivity contribution in [2.24, 2.45) is 0 Å². The molecule has 2 fully saturated rings. The van der Waals surface area contributed by atoms with Crippen molar-refractivity contribution in [3.8, 4) is 0 Å². The molecule has 0 aromatic heterocycles. The van der Waals surface area contributed by atoms with Gasteiger partial charge in [-0.2, -0.15) is 0 Å². The topological polar surface area (TPSA) is 88.1 Å². The van der Waals surface area contributed by atoms with Crippen LogP contribution in [-0.4, -0.2) is 67.1 Å². The molecule has 1 saturated carbocycles. The normalized spacial score (nSPS) is 26.9. The first-order valence-electron chi connectivity index (χ1n) is 7.02. The summed E-state index contributed by atoms with van der Waals surface area (Å²) >= 11 is 0. The fourth-order valence-corrected chi connectivity index (χ4v) is 2.91. The molecule has 2 amide bonds. The van der Waals surface area contributed by atoms with E-state index >= 15 is 0 Å². The van der Waals surface area contributed by atoms with Crippen LogP contribution in [0.15, 0.2) is 0 Å². The third-order valence-corrected chi connectivity index (χ3v) is 3.96. The summed E-state index contributed by atoms with van der Waals surface area (Å²) in [7, 11) is 1.45. The Morgan fingerprint density at radius 3 is 3.00 bits per heavy atom. The summed E-state index contributed by atoms with van der Waals surface area (Å²) in [5, 5.41) is 11.5. The van der Waals surface area contributed by atoms with E-state index in [0.29, 0.717) is 13.2 Å². The van der Waals surface area contributed by atoms with Crippen molar-refractivity contribution in [3.63, 3.8) is 0 Å². The Morgan fingerprint density at radius 1 is 1.50 bits per heavy atom. The second kappa shape index (κ2) is 6.90. The number of rotatable bonds is 5. The van der Waals surface area contributed by atoms with Gasteiger partial charge in [-0.1, -0.05) is 0 Å². The molecule has 20 heavy (non-hydrogen) atoms. The number of carboxylic acid groups (broad SMARTS) is 1. The number of hydrogen-bond donors (Lipinski definition) is 2. The van der Waals surface area contributed by atoms with E-state index in [1.165, 1.54) is 7.11 Å². The highest BCUT2D eigenvalue weighted by atomic mass is 16.5. The van der Waals surface area contributed by atoms with Crippen LogP contribution in [0, 0.1) is 0 Å². The van der Waals surface area contributed by atoms with Gasteiger partial charge in [-0.25, -0.2) is 4.79 Å². The average Bonchev–Trinajstić information content (AvgIpc) is 2.90. The second-order valence-electron chi connectivity index (χ2n) is 5.24. The Kier molecular flexibility index (Phi) is 5.19. The number of methoxy groups -OCH3 is 1. The maximum atomic E-state index is 12.2. The number of nitrogens with one attached hydrogen (secondary N) is 1. The number of morpholine rings is 1. The van der Waals surface area contributed by atoms with Crippen molar-refractivity contribution in [1.82, 2.24) is 10.2 Å². The van der Waals surface area contributed by atoms with Crippen molar-refractivity contribution >= 4 is 12.0 Å². The summed E-state index contributed by atoms with van der Waals surface area (Å²) in [5.74, 6) is -0.937. The van der Waals surface area contributed by atoms with Crippen LogP contribution >= 0.6 is 0 Å². The van der Waals surface area contributed by atoms with Crippen LogP contribution in [0.5, 0.6) is 0 Å². The predicted octanol–water partition coefficient (Wildman–Crippen LogP) is 0.439. The van der Waals surface area contributed by atoms with Gasteiger partial charge >= 0.3 is 12.0 Å². The third-order valence-electron chi connectivity index (χ3n) is 3.96. The lowest BCUT2D eigenvalue weighted by Gasteiger charge is -2.37. The van der Waals surface area contributed by atoms with Crippen molar-refractivity contribution in [1.29, 1.82) is 0 Å². The van der Waals surface area contributed by atoms with Gasteiger partial charge in [0, 0.05) is 20.2 Å². The van der Waals surface area contributed by atoms with Crippen LogP contribution < -0.4 is 5.32 Å². The molecule has 0 radical (unpaired) electrons. The Bertz CT molecular complexity index is 363. The standard InChI is InChI=1S/C13H22N2O5/c1-19-9(7-12(16)17)8-14-13(18)15-5-6-20-11-4-2-3-10(11)15/h9-11H,2-8H2,1H3,(H,14,18)(H,16,17). The monoisotopic (exact) mass is 286 g/mol. The predicted molar refractivity (Wildman–Crippen MR) is 70.5 cm³/mol. The van der Waals surface area contributed by atoms with Gasteiger partial charge in [0.1, 0.15) is 0 Å². The van der Waals surface area contributed by atoms with Gasteiger partial charge in [0.2, 0.25) is 0 Å². The van der Waals surface area contributed by atoms with Crippen LogP contribution in [0.2, 0.25) is 0 Å². The minimum atomic E-state index is -0.937. The summed E-state index contributed by atoms with van der Waals surface area (Å²) in [5.41, 5.74) is 0. The maximum absolute atomic E-state index is 12.2. The number of carbonyl (C=O) groups is 2. The van der Waals surface area contributed by atoms with E-state index in [1.54, 1.807) is 0 Å². The number of hydrogen-bond acceptors (Lipinski definition) is 4. The van der Waals surface area contributed by atoms with E-state index in [2.05, 4.69) is 5.32 Å². The molecule has 2 aliphatic rings. The van der Waals surface area contributed by atoms with Crippen molar-refractivity contribution in [2.75, 3.05) is 26.8 Å². The number of carboxylic acids is 1. The molecule has 2 rings (SSSR count). The minimum absolute atomic E-state index is 0.119. The second-order valence-corrected chi connectivity index (χ2v) is 5.24. The summed E-state index contributed by atoms with van der Waals surface area (Å²) in [6, 6.07) is 0.00172. The van der Waals surface area contributed by atoms with Crippen LogP contribution in [0.25, 0.3) is 0 Å². The van der Waals surface area contributed by atoms with E-state index < -0.39 is 12.1 Å². The largest absolute Gasteiger partial charge is 0.481 e. The molecular weight excluding hydrogens is 264 g/mol. The molecule has 7 heteroatoms. The first-order valence-corrected chi connectivity index (χ1v) is 7.02. The molecule has 1 aliphatic heterocycles. The molecular formula is C13H22N2O5. The fraction of sp³-hybridized carbons (Fsp3) is 0.846. The molecule has 3 atom stereocenters. The number of amides is 2. The molecule has 1 saturated heterocycles. The van der Waals surface area contributed by atoms with Crippen LogP contribution in [0.1, 0.15) is 25.7 Å². The zero-order valence-corrected chi connectivity index (χ0v) is 11.7. The van der Waals surface area contributed by atoms with E-state index in [-0.39, 0.29) is 31.1 Å². The van der Waals surface area contributed by atoms with Crippen molar-refractivity contribution in [2.45, 2.75) is 43.9 Å². The zero-order valence-electron chi connectivity index (χ0n) is 11.7. The molecule has 0 aromatic rings. The SMILES string of the molecule is COC(CNC(=O)N1CCOC2CCCC21)CC(=O)O. The Hall–Kier alpha value is -1.34. The minimum Gasteiger partial charge on any atom is -0.481 e. The zero-order chi connectivity index (χ0) is 14.5. The summed E-state index contributed by atoms with van der Waals surface area (Å²) < 4.78 is 10.7. The lowest BCUT2D eigenvalue weighted by Crippen LogP contribution is -2.55. The van der Waals surface area contributed by atoms with Gasteiger partial charge in [0.15, 0.2) is 0 Å². The Labute approximate surface area is 118 Å². The summed E-state index contributed by atoms with van der Waals surface area (Å²) in [4.78, 5) is 24.7. The molecule has 114 valence electrons. The third kappa shape index (κ3) is 3.61. The van der Waals surface area contributed by atoms with Crippen LogP contribution in [0.3, 0.4) is 0 Å². The van der Waals surface area contributed by atoms with Gasteiger partial charge < -0.3 is 24.8 Å². The summed E-state index contributed by atoms with van der Waals surface area (Å²) in [6.45, 7) is 1.36. The van der Waals surface area contributed by atoms with Gasteiger partial charge in [0.25, 0.3) is 0 Å². The van der Waals surface area contributed by atoms with Crippen LogP contribution in [-0.2, 0) is 14.3 Å². The molecule has 3 unspecified atom stereocenters. The van der Waals surface area contributed by atoms with Gasteiger partial charge in [-0.3, -0.25) is 4.79 Å². The lowest BCUT2D eigenvalue weighted by atomic mass is 10.1. The van der Waals surface area contributed by atoms with Crippen molar-refractivity contribution in [3.05, 3.63) is 0 Å². The van der Waals surface area contributed by atoms with E-state index in [9.17, 15) is 9.59 Å². The quantitative estimate of drug-likeness (QED) is 0.765. The summed E-state index contributed by atoms with van der Waals surface area (Å²) in [6.07, 6.45) is 2.60. The highest BCUT2D eigenvalue weighted by Gasteiger charge is 2.38. The van der Waals surface area contributed by atoms with Gasteiger partial charge in [-0.15, -0.1) is 0 Å². The molecule has 1 aliphatic carbocycles. The molecule has 0 bridgehead atoms. The molecule has 0 aromatic carbocycles. The lowest BCUT2D eigenvalue weighted by molar-refractivity contribution is -0.139. The highest BCUT2D eigenvalue weighted by molar-refractivity contribution is 5.75. The number of carbonyl (C=O) groups excluding carboxylic acids is 1. The maximum Gasteiger partial charge on any atom is 0.317 e. The molecule has 1 heterocycles. The van der Waals surface area contributed by atoms with Crippen LogP contribution in [0.4, 0.5) is 4.79 Å². The number of ether oxygens (including phenoxy) is 2. The van der Waals surface area contributed by atoms with Gasteiger partial charge in [0.05, 0.1) is 31.3 Å². The van der Waals surface area contributed by atoms with Gasteiger partial charge in [-0.05, 0) is 19.3 Å². The Balaban J connectivity index is 1.83. The highest BCUT2D eigenvalue weighted by Crippen LogP contribution is 2.29. The first-order chi connectivity index (χ1) is 9.61. The Morgan fingerprint density at radius 2 is 2.30 bits per heavy atom. The number of nitrogens with zero attached hydrogens (tertiary/aromatic N) is 1. The van der Waals surface area contributed by atoms with E-state index in [0.717, 1.165) is 19.3 Å². The number of urea groups is 1. The molecule has 7 nitrogen and oxygen atoms in total. The smallest absolute Gasteiger partial charge is 0.317 e. The molecule has 2 N–H and O–H groups in total. The fourth-order valence-electron chi connectivity index (χ4n) is 2.91. The number of fused-ring (bicyclic) bond motifs is 1. The molecule has 0 spiro atoms. The van der Waals surface area contributed by atoms with E-state index in [4.69, 9.17) is 14.6 Å².